The molecule has 4 nitrogen and oxygen atoms in total. The van der Waals surface area contributed by atoms with E-state index in [4.69, 9.17) is 5.73 Å². The number of anilines is 2. The summed E-state index contributed by atoms with van der Waals surface area (Å²) in [6.45, 7) is 2.25. The number of piperidine rings is 1. The molecule has 1 aromatic heterocycles. The first kappa shape index (κ1) is 10.8. The van der Waals surface area contributed by atoms with E-state index >= 15 is 0 Å². The molecular weight excluding hydrogens is 212 g/mol. The first-order valence-electron chi connectivity index (χ1n) is 6.62. The zero-order chi connectivity index (χ0) is 11.7. The number of nitrogens with zero attached hydrogens (tertiary/aromatic N) is 3. The number of aromatic nitrogens is 2. The Balaban J connectivity index is 1.66. The van der Waals surface area contributed by atoms with Crippen molar-refractivity contribution in [1.82, 2.24) is 10.2 Å². The average Bonchev–Trinajstić information content (AvgIpc) is 2.80. The fourth-order valence-corrected chi connectivity index (χ4v) is 3.34. The lowest BCUT2D eigenvalue weighted by Gasteiger charge is -2.39. The minimum atomic E-state index is 0.498. The van der Waals surface area contributed by atoms with Crippen LogP contribution in [0.4, 0.5) is 11.6 Å². The summed E-state index contributed by atoms with van der Waals surface area (Å²) in [5, 5.41) is 8.10. The molecule has 0 aromatic carbocycles. The van der Waals surface area contributed by atoms with Gasteiger partial charge in [0.05, 0.1) is 0 Å². The molecule has 2 aliphatic rings. The van der Waals surface area contributed by atoms with Crippen LogP contribution in [0.5, 0.6) is 0 Å². The van der Waals surface area contributed by atoms with Crippen LogP contribution < -0.4 is 10.6 Å². The van der Waals surface area contributed by atoms with Crippen LogP contribution in [0.2, 0.25) is 0 Å². The lowest BCUT2D eigenvalue weighted by atomic mass is 9.77. The van der Waals surface area contributed by atoms with Gasteiger partial charge in [-0.15, -0.1) is 10.2 Å². The Hall–Kier alpha value is -1.32. The summed E-state index contributed by atoms with van der Waals surface area (Å²) in [4.78, 5) is 2.34. The van der Waals surface area contributed by atoms with Gasteiger partial charge in [0.1, 0.15) is 5.82 Å². The lowest BCUT2D eigenvalue weighted by Crippen LogP contribution is -2.39. The molecule has 1 spiro atoms. The average molecular weight is 232 g/mol. The van der Waals surface area contributed by atoms with Crippen molar-refractivity contribution < 1.29 is 0 Å². The van der Waals surface area contributed by atoms with E-state index in [2.05, 4.69) is 15.1 Å². The molecule has 1 aromatic rings. The van der Waals surface area contributed by atoms with Gasteiger partial charge in [-0.3, -0.25) is 0 Å². The highest BCUT2D eigenvalue weighted by molar-refractivity contribution is 5.41. The van der Waals surface area contributed by atoms with Gasteiger partial charge in [-0.05, 0) is 43.2 Å². The minimum absolute atomic E-state index is 0.498. The Morgan fingerprint density at radius 2 is 1.71 bits per heavy atom. The maximum absolute atomic E-state index is 5.56. The molecule has 2 heterocycles. The standard InChI is InChI=1S/C13H20N4/c14-11-3-4-12(16-15-11)17-9-7-13(8-10-17)5-1-2-6-13/h3-4H,1-2,5-10H2,(H2,14,15). The molecule has 0 amide bonds. The molecule has 17 heavy (non-hydrogen) atoms. The van der Waals surface area contributed by atoms with Crippen molar-refractivity contribution >= 4 is 11.6 Å². The molecule has 0 atom stereocenters. The number of hydrogen-bond acceptors (Lipinski definition) is 4. The van der Waals surface area contributed by atoms with E-state index in [9.17, 15) is 0 Å². The van der Waals surface area contributed by atoms with Gasteiger partial charge in [-0.1, -0.05) is 12.8 Å². The van der Waals surface area contributed by atoms with E-state index < -0.39 is 0 Å². The Morgan fingerprint density at radius 3 is 2.29 bits per heavy atom. The topological polar surface area (TPSA) is 55.0 Å². The second-order valence-electron chi connectivity index (χ2n) is 5.51. The Kier molecular flexibility index (Phi) is 2.65. The molecule has 4 heteroatoms. The summed E-state index contributed by atoms with van der Waals surface area (Å²) >= 11 is 0. The van der Waals surface area contributed by atoms with Crippen LogP contribution in [0.3, 0.4) is 0 Å². The van der Waals surface area contributed by atoms with Gasteiger partial charge < -0.3 is 10.6 Å². The fraction of sp³-hybridized carbons (Fsp3) is 0.692. The molecule has 0 bridgehead atoms. The first-order chi connectivity index (χ1) is 8.27. The molecule has 3 rings (SSSR count). The monoisotopic (exact) mass is 232 g/mol. The molecular formula is C13H20N4. The third-order valence-electron chi connectivity index (χ3n) is 4.48. The smallest absolute Gasteiger partial charge is 0.151 e. The maximum atomic E-state index is 5.56. The van der Waals surface area contributed by atoms with Crippen molar-refractivity contribution in [2.45, 2.75) is 38.5 Å². The predicted octanol–water partition coefficient (Wildman–Crippen LogP) is 2.22. The van der Waals surface area contributed by atoms with Crippen LogP contribution in [-0.4, -0.2) is 23.3 Å². The summed E-state index contributed by atoms with van der Waals surface area (Å²) in [5.41, 5.74) is 6.22. The van der Waals surface area contributed by atoms with E-state index in [0.717, 1.165) is 18.9 Å². The molecule has 0 radical (unpaired) electrons. The summed E-state index contributed by atoms with van der Waals surface area (Å²) in [5.74, 6) is 1.48. The van der Waals surface area contributed by atoms with Gasteiger partial charge >= 0.3 is 0 Å². The van der Waals surface area contributed by atoms with Crippen molar-refractivity contribution in [1.29, 1.82) is 0 Å². The van der Waals surface area contributed by atoms with Crippen molar-refractivity contribution in [3.63, 3.8) is 0 Å². The van der Waals surface area contributed by atoms with Gasteiger partial charge in [0, 0.05) is 13.1 Å². The van der Waals surface area contributed by atoms with E-state index in [0.29, 0.717) is 11.2 Å². The third-order valence-corrected chi connectivity index (χ3v) is 4.48. The second kappa shape index (κ2) is 4.17. The van der Waals surface area contributed by atoms with Crippen LogP contribution >= 0.6 is 0 Å². The highest BCUT2D eigenvalue weighted by Gasteiger charge is 2.37. The molecule has 2 N–H and O–H groups in total. The predicted molar refractivity (Wildman–Crippen MR) is 68.8 cm³/mol. The summed E-state index contributed by atoms with van der Waals surface area (Å²) in [7, 11) is 0. The number of rotatable bonds is 1. The van der Waals surface area contributed by atoms with Crippen molar-refractivity contribution in [3.8, 4) is 0 Å². The van der Waals surface area contributed by atoms with Crippen molar-refractivity contribution in [2.75, 3.05) is 23.7 Å². The van der Waals surface area contributed by atoms with Crippen LogP contribution in [0.1, 0.15) is 38.5 Å². The second-order valence-corrected chi connectivity index (χ2v) is 5.51. The van der Waals surface area contributed by atoms with Gasteiger partial charge in [0.25, 0.3) is 0 Å². The van der Waals surface area contributed by atoms with Crippen LogP contribution in [0.25, 0.3) is 0 Å². The highest BCUT2D eigenvalue weighted by atomic mass is 15.3. The Bertz CT molecular complexity index is 371. The first-order valence-corrected chi connectivity index (χ1v) is 6.62. The molecule has 1 saturated heterocycles. The quantitative estimate of drug-likeness (QED) is 0.806. The Labute approximate surface area is 102 Å². The zero-order valence-corrected chi connectivity index (χ0v) is 10.2. The molecule has 1 aliphatic heterocycles. The summed E-state index contributed by atoms with van der Waals surface area (Å²) < 4.78 is 0. The molecule has 2 fully saturated rings. The largest absolute Gasteiger partial charge is 0.382 e. The molecule has 1 aliphatic carbocycles. The van der Waals surface area contributed by atoms with Gasteiger partial charge in [-0.25, -0.2) is 0 Å². The van der Waals surface area contributed by atoms with Crippen molar-refractivity contribution in [2.24, 2.45) is 5.41 Å². The third kappa shape index (κ3) is 2.08. The lowest BCUT2D eigenvalue weighted by molar-refractivity contribution is 0.226. The van der Waals surface area contributed by atoms with E-state index in [1.54, 1.807) is 0 Å². The zero-order valence-electron chi connectivity index (χ0n) is 10.2. The van der Waals surface area contributed by atoms with Gasteiger partial charge in [0.2, 0.25) is 0 Å². The molecule has 92 valence electrons. The maximum Gasteiger partial charge on any atom is 0.151 e. The molecule has 1 saturated carbocycles. The SMILES string of the molecule is Nc1ccc(N2CCC3(CCCC3)CC2)nn1. The summed E-state index contributed by atoms with van der Waals surface area (Å²) in [6.07, 6.45) is 8.38. The van der Waals surface area contributed by atoms with Crippen molar-refractivity contribution in [3.05, 3.63) is 12.1 Å². The fourth-order valence-electron chi connectivity index (χ4n) is 3.34. The van der Waals surface area contributed by atoms with Crippen LogP contribution in [-0.2, 0) is 0 Å². The minimum Gasteiger partial charge on any atom is -0.382 e. The normalized spacial score (nSPS) is 23.2. The molecule has 0 unspecified atom stereocenters. The highest BCUT2D eigenvalue weighted by Crippen LogP contribution is 2.46. The van der Waals surface area contributed by atoms with E-state index in [-0.39, 0.29) is 0 Å². The van der Waals surface area contributed by atoms with Crippen LogP contribution in [0, 0.1) is 5.41 Å². The number of hydrogen-bond donors (Lipinski definition) is 1. The van der Waals surface area contributed by atoms with Gasteiger partial charge in [0.15, 0.2) is 5.82 Å². The summed E-state index contributed by atoms with van der Waals surface area (Å²) in [6, 6.07) is 3.82. The number of nitrogens with two attached hydrogens (primary N) is 1. The van der Waals surface area contributed by atoms with Crippen LogP contribution in [0.15, 0.2) is 12.1 Å². The Morgan fingerprint density at radius 1 is 1.00 bits per heavy atom. The van der Waals surface area contributed by atoms with Gasteiger partial charge in [-0.2, -0.15) is 0 Å². The van der Waals surface area contributed by atoms with E-state index in [1.807, 2.05) is 12.1 Å². The van der Waals surface area contributed by atoms with E-state index in [1.165, 1.54) is 38.5 Å². The number of nitrogen functional groups attached to an aromatic ring is 1.